The molecular weight excluding hydrogens is 366 g/mol. The van der Waals surface area contributed by atoms with Gasteiger partial charge in [-0.15, -0.1) is 0 Å². The molecule has 1 aliphatic rings. The number of carbonyl (C=O) groups excluding carboxylic acids is 2. The highest BCUT2D eigenvalue weighted by atomic mass is 16.6. The quantitative estimate of drug-likeness (QED) is 0.312. The molecule has 1 amide bonds. The minimum atomic E-state index is -1.03. The van der Waals surface area contributed by atoms with Crippen LogP contribution in [0.1, 0.15) is 37.0 Å². The summed E-state index contributed by atoms with van der Waals surface area (Å²) in [6, 6.07) is 4.17. The third-order valence-corrected chi connectivity index (χ3v) is 4.79. The number of non-ortho nitro benzene ring substituents is 1. The Labute approximate surface area is 164 Å². The van der Waals surface area contributed by atoms with Gasteiger partial charge < -0.3 is 19.7 Å². The van der Waals surface area contributed by atoms with Gasteiger partial charge in [-0.3, -0.25) is 14.9 Å². The highest BCUT2D eigenvalue weighted by molar-refractivity contribution is 5.98. The number of nitrogens with zero attached hydrogens (tertiary/aromatic N) is 2. The first-order valence-corrected chi connectivity index (χ1v) is 9.34. The van der Waals surface area contributed by atoms with Gasteiger partial charge in [0.2, 0.25) is 0 Å². The zero-order chi connectivity index (χ0) is 20.7. The van der Waals surface area contributed by atoms with Crippen LogP contribution in [0.25, 0.3) is 0 Å². The van der Waals surface area contributed by atoms with Crippen molar-refractivity contribution in [2.24, 2.45) is 5.92 Å². The van der Waals surface area contributed by atoms with E-state index in [0.29, 0.717) is 24.8 Å². The molecule has 0 saturated carbocycles. The van der Waals surface area contributed by atoms with Gasteiger partial charge in [-0.25, -0.2) is 4.79 Å². The molecule has 1 N–H and O–H groups in total. The monoisotopic (exact) mass is 393 g/mol. The molecule has 1 aromatic carbocycles. The van der Waals surface area contributed by atoms with Crippen LogP contribution in [0.5, 0.6) is 0 Å². The molecule has 1 heterocycles. The van der Waals surface area contributed by atoms with Crippen LogP contribution in [0, 0.1) is 16.0 Å². The molecule has 9 heteroatoms. The average molecular weight is 393 g/mol. The number of hydrogen-bond donors (Lipinski definition) is 1. The maximum atomic E-state index is 12.7. The van der Waals surface area contributed by atoms with E-state index in [4.69, 9.17) is 9.47 Å². The summed E-state index contributed by atoms with van der Waals surface area (Å²) in [5.41, 5.74) is 0.494. The van der Waals surface area contributed by atoms with E-state index in [0.717, 1.165) is 25.9 Å². The Kier molecular flexibility index (Phi) is 7.74. The van der Waals surface area contributed by atoms with Crippen molar-refractivity contribution >= 4 is 23.3 Å². The fraction of sp³-hybridized carbons (Fsp3) is 0.579. The molecule has 2 rings (SSSR count). The van der Waals surface area contributed by atoms with Gasteiger partial charge in [-0.05, 0) is 31.7 Å². The summed E-state index contributed by atoms with van der Waals surface area (Å²) in [4.78, 5) is 37.4. The summed E-state index contributed by atoms with van der Waals surface area (Å²) in [6.45, 7) is 5.78. The van der Waals surface area contributed by atoms with Crippen LogP contribution < -0.4 is 10.2 Å². The van der Waals surface area contributed by atoms with Crippen LogP contribution in [0.15, 0.2) is 18.2 Å². The van der Waals surface area contributed by atoms with Crippen molar-refractivity contribution < 1.29 is 24.0 Å². The van der Waals surface area contributed by atoms with Gasteiger partial charge >= 0.3 is 5.97 Å². The highest BCUT2D eigenvalue weighted by Crippen LogP contribution is 2.30. The second kappa shape index (κ2) is 10.0. The van der Waals surface area contributed by atoms with E-state index in [-0.39, 0.29) is 11.3 Å². The summed E-state index contributed by atoms with van der Waals surface area (Å²) in [5, 5.41) is 13.7. The molecule has 1 atom stereocenters. The van der Waals surface area contributed by atoms with E-state index in [2.05, 4.69) is 12.2 Å². The molecule has 9 nitrogen and oxygen atoms in total. The second-order valence-corrected chi connectivity index (χ2v) is 6.96. The molecule has 0 unspecified atom stereocenters. The lowest BCUT2D eigenvalue weighted by Crippen LogP contribution is -2.38. The molecule has 1 fully saturated rings. The summed E-state index contributed by atoms with van der Waals surface area (Å²) < 4.78 is 10.1. The van der Waals surface area contributed by atoms with Gasteiger partial charge in [0, 0.05) is 38.9 Å². The van der Waals surface area contributed by atoms with Crippen molar-refractivity contribution in [3.8, 4) is 0 Å². The number of anilines is 1. The molecule has 0 bridgehead atoms. The lowest BCUT2D eigenvalue weighted by Gasteiger charge is -2.33. The standard InChI is InChI=1S/C19H27N3O6/c1-13-6-9-21(10-7-13)17-5-4-15(22(25)26)12-16(17)19(24)28-14(2)18(23)20-8-11-27-3/h4-5,12-14H,6-11H2,1-3H3,(H,20,23)/t14-/m1/s1. The van der Waals surface area contributed by atoms with Crippen LogP contribution in [-0.2, 0) is 14.3 Å². The fourth-order valence-electron chi connectivity index (χ4n) is 3.02. The van der Waals surface area contributed by atoms with Crippen molar-refractivity contribution in [1.29, 1.82) is 0 Å². The van der Waals surface area contributed by atoms with E-state index < -0.39 is 22.9 Å². The summed E-state index contributed by atoms with van der Waals surface area (Å²) in [6.07, 6.45) is 0.922. The normalized spacial score (nSPS) is 15.8. The number of nitro groups is 1. The van der Waals surface area contributed by atoms with Crippen LogP contribution in [0.2, 0.25) is 0 Å². The smallest absolute Gasteiger partial charge is 0.341 e. The van der Waals surface area contributed by atoms with Gasteiger partial charge in [0.25, 0.3) is 11.6 Å². The van der Waals surface area contributed by atoms with Crippen LogP contribution in [0.3, 0.4) is 0 Å². The van der Waals surface area contributed by atoms with E-state index in [9.17, 15) is 19.7 Å². The lowest BCUT2D eigenvalue weighted by atomic mass is 9.98. The number of benzene rings is 1. The molecule has 0 aliphatic carbocycles. The summed E-state index contributed by atoms with van der Waals surface area (Å²) in [5.74, 6) is -0.614. The molecular formula is C19H27N3O6. The van der Waals surface area contributed by atoms with E-state index >= 15 is 0 Å². The van der Waals surface area contributed by atoms with Crippen molar-refractivity contribution in [3.05, 3.63) is 33.9 Å². The summed E-state index contributed by atoms with van der Waals surface area (Å²) in [7, 11) is 1.51. The second-order valence-electron chi connectivity index (χ2n) is 6.96. The molecule has 1 aliphatic heterocycles. The SMILES string of the molecule is COCCNC(=O)[C@@H](C)OC(=O)c1cc([N+](=O)[O-])ccc1N1CCC(C)CC1. The maximum Gasteiger partial charge on any atom is 0.341 e. The molecule has 154 valence electrons. The zero-order valence-electron chi connectivity index (χ0n) is 16.5. The minimum Gasteiger partial charge on any atom is -0.449 e. The number of amides is 1. The molecule has 1 saturated heterocycles. The maximum absolute atomic E-state index is 12.7. The topological polar surface area (TPSA) is 111 Å². The van der Waals surface area contributed by atoms with Crippen LogP contribution >= 0.6 is 0 Å². The Morgan fingerprint density at radius 1 is 1.36 bits per heavy atom. The van der Waals surface area contributed by atoms with E-state index in [1.165, 1.54) is 26.2 Å². The molecule has 0 radical (unpaired) electrons. The lowest BCUT2D eigenvalue weighted by molar-refractivity contribution is -0.384. The number of carbonyl (C=O) groups is 2. The first-order chi connectivity index (χ1) is 13.3. The number of piperidine rings is 1. The van der Waals surface area contributed by atoms with Gasteiger partial charge in [0.05, 0.1) is 22.8 Å². The number of methoxy groups -OCH3 is 1. The Morgan fingerprint density at radius 3 is 2.64 bits per heavy atom. The third kappa shape index (κ3) is 5.66. The van der Waals surface area contributed by atoms with Crippen LogP contribution in [0.4, 0.5) is 11.4 Å². The number of nitrogens with one attached hydrogen (secondary N) is 1. The van der Waals surface area contributed by atoms with Gasteiger partial charge in [0.15, 0.2) is 6.10 Å². The van der Waals surface area contributed by atoms with Crippen molar-refractivity contribution in [3.63, 3.8) is 0 Å². The largest absolute Gasteiger partial charge is 0.449 e. The zero-order valence-corrected chi connectivity index (χ0v) is 16.5. The van der Waals surface area contributed by atoms with Gasteiger partial charge in [-0.1, -0.05) is 6.92 Å². The number of ether oxygens (including phenoxy) is 2. The van der Waals surface area contributed by atoms with E-state index in [1.807, 2.05) is 4.90 Å². The van der Waals surface area contributed by atoms with Gasteiger partial charge in [-0.2, -0.15) is 0 Å². The number of hydrogen-bond acceptors (Lipinski definition) is 7. The predicted molar refractivity (Wildman–Crippen MR) is 103 cm³/mol. The number of rotatable bonds is 8. The Morgan fingerprint density at radius 2 is 2.04 bits per heavy atom. The highest BCUT2D eigenvalue weighted by Gasteiger charge is 2.26. The minimum absolute atomic E-state index is 0.0975. The Balaban J connectivity index is 2.18. The molecule has 0 spiro atoms. The fourth-order valence-corrected chi connectivity index (χ4v) is 3.02. The predicted octanol–water partition coefficient (Wildman–Crippen LogP) is 2.14. The third-order valence-electron chi connectivity index (χ3n) is 4.79. The van der Waals surface area contributed by atoms with Gasteiger partial charge in [0.1, 0.15) is 0 Å². The Hall–Kier alpha value is -2.68. The van der Waals surface area contributed by atoms with E-state index in [1.54, 1.807) is 6.07 Å². The summed E-state index contributed by atoms with van der Waals surface area (Å²) >= 11 is 0. The number of nitro benzene ring substituents is 1. The first-order valence-electron chi connectivity index (χ1n) is 9.34. The van der Waals surface area contributed by atoms with Crippen molar-refractivity contribution in [2.75, 3.05) is 38.3 Å². The molecule has 28 heavy (non-hydrogen) atoms. The Bertz CT molecular complexity index is 716. The molecule has 1 aromatic rings. The average Bonchev–Trinajstić information content (AvgIpc) is 2.68. The molecule has 0 aromatic heterocycles. The van der Waals surface area contributed by atoms with Crippen molar-refractivity contribution in [2.45, 2.75) is 32.8 Å². The number of esters is 1. The van der Waals surface area contributed by atoms with Crippen molar-refractivity contribution in [1.82, 2.24) is 5.32 Å². The van der Waals surface area contributed by atoms with Crippen LogP contribution in [-0.4, -0.2) is 56.3 Å². The first kappa shape index (κ1) is 21.6.